The second kappa shape index (κ2) is 13.6. The van der Waals surface area contributed by atoms with E-state index < -0.39 is 0 Å². The number of unbranched alkanes of at least 4 members (excludes halogenated alkanes) is 8. The number of benzene rings is 1. The Morgan fingerprint density at radius 2 is 1.57 bits per heavy atom. The van der Waals surface area contributed by atoms with Crippen LogP contribution in [0.4, 0.5) is 0 Å². The summed E-state index contributed by atoms with van der Waals surface area (Å²) in [5, 5.41) is 0. The van der Waals surface area contributed by atoms with Gasteiger partial charge < -0.3 is 9.47 Å². The quantitative estimate of drug-likeness (QED) is 0.265. The fourth-order valence-corrected chi connectivity index (χ4v) is 4.37. The van der Waals surface area contributed by atoms with Gasteiger partial charge in [0, 0.05) is 17.9 Å². The average Bonchev–Trinajstić information content (AvgIpc) is 2.73. The van der Waals surface area contributed by atoms with Crippen LogP contribution in [-0.4, -0.2) is 19.2 Å². The monoisotopic (exact) mass is 388 g/mol. The maximum atomic E-state index is 12.4. The molecule has 0 radical (unpaired) electrons. The van der Waals surface area contributed by atoms with Crippen LogP contribution in [0.2, 0.25) is 0 Å². The summed E-state index contributed by atoms with van der Waals surface area (Å²) in [5.74, 6) is 1.15. The van der Waals surface area contributed by atoms with E-state index in [0.29, 0.717) is 6.42 Å². The van der Waals surface area contributed by atoms with Gasteiger partial charge in [-0.2, -0.15) is 0 Å². The topological polar surface area (TPSA) is 35.5 Å². The molecule has 1 saturated carbocycles. The highest BCUT2D eigenvalue weighted by Gasteiger charge is 2.31. The van der Waals surface area contributed by atoms with E-state index in [1.807, 2.05) is 18.2 Å². The molecule has 0 aromatic heterocycles. The Labute approximate surface area is 172 Å². The molecular weight excluding hydrogens is 348 g/mol. The highest BCUT2D eigenvalue weighted by atomic mass is 16.5. The number of rotatable bonds is 13. The standard InChI is InChI=1S/C25H40O3/c1-3-4-5-6-7-8-9-10-11-20-25(26)28-24-19-15-13-17-22(24)21-16-12-14-18-23(21)27-2/h12,14,16,18,22,24H,3-11,13,15,17,19-20H2,1-2H3. The van der Waals surface area contributed by atoms with Gasteiger partial charge in [0.2, 0.25) is 0 Å². The van der Waals surface area contributed by atoms with Crippen LogP contribution in [-0.2, 0) is 9.53 Å². The molecule has 1 fully saturated rings. The molecule has 0 spiro atoms. The summed E-state index contributed by atoms with van der Waals surface area (Å²) >= 11 is 0. The predicted octanol–water partition coefficient (Wildman–Crippen LogP) is 7.19. The molecule has 158 valence electrons. The van der Waals surface area contributed by atoms with Crippen molar-refractivity contribution in [3.63, 3.8) is 0 Å². The minimum absolute atomic E-state index is 0.00360. The molecule has 0 N–H and O–H groups in total. The Bertz CT molecular complexity index is 554. The Morgan fingerprint density at radius 1 is 0.929 bits per heavy atom. The molecule has 2 atom stereocenters. The van der Waals surface area contributed by atoms with Crippen molar-refractivity contribution >= 4 is 5.97 Å². The lowest BCUT2D eigenvalue weighted by Crippen LogP contribution is -2.29. The lowest BCUT2D eigenvalue weighted by molar-refractivity contribution is -0.151. The third kappa shape index (κ3) is 7.85. The molecule has 0 aliphatic heterocycles. The maximum Gasteiger partial charge on any atom is 0.306 e. The molecule has 2 unspecified atom stereocenters. The normalized spacial score (nSPS) is 19.4. The van der Waals surface area contributed by atoms with Crippen molar-refractivity contribution in [2.24, 2.45) is 0 Å². The summed E-state index contributed by atoms with van der Waals surface area (Å²) in [6.45, 7) is 2.25. The lowest BCUT2D eigenvalue weighted by atomic mass is 9.81. The van der Waals surface area contributed by atoms with Gasteiger partial charge in [-0.05, 0) is 31.7 Å². The van der Waals surface area contributed by atoms with E-state index in [2.05, 4.69) is 13.0 Å². The van der Waals surface area contributed by atoms with E-state index in [1.165, 1.54) is 56.9 Å². The largest absolute Gasteiger partial charge is 0.496 e. The molecule has 0 bridgehead atoms. The van der Waals surface area contributed by atoms with Gasteiger partial charge in [0.1, 0.15) is 11.9 Å². The van der Waals surface area contributed by atoms with Crippen LogP contribution < -0.4 is 4.74 Å². The first-order chi connectivity index (χ1) is 13.8. The summed E-state index contributed by atoms with van der Waals surface area (Å²) < 4.78 is 11.5. The fraction of sp³-hybridized carbons (Fsp3) is 0.720. The number of hydrogen-bond donors (Lipinski definition) is 0. The zero-order valence-corrected chi connectivity index (χ0v) is 18.1. The second-order valence-corrected chi connectivity index (χ2v) is 8.24. The van der Waals surface area contributed by atoms with Crippen molar-refractivity contribution in [3.05, 3.63) is 29.8 Å². The first-order valence-electron chi connectivity index (χ1n) is 11.6. The van der Waals surface area contributed by atoms with E-state index in [9.17, 15) is 4.79 Å². The number of carbonyl (C=O) groups excluding carboxylic acids is 1. The van der Waals surface area contributed by atoms with Gasteiger partial charge in [-0.25, -0.2) is 0 Å². The number of carbonyl (C=O) groups is 1. The van der Waals surface area contributed by atoms with Crippen molar-refractivity contribution < 1.29 is 14.3 Å². The van der Waals surface area contributed by atoms with Crippen molar-refractivity contribution in [1.82, 2.24) is 0 Å². The highest BCUT2D eigenvalue weighted by molar-refractivity contribution is 5.69. The van der Waals surface area contributed by atoms with Gasteiger partial charge >= 0.3 is 5.97 Å². The molecule has 28 heavy (non-hydrogen) atoms. The Morgan fingerprint density at radius 3 is 2.29 bits per heavy atom. The molecule has 1 aliphatic carbocycles. The van der Waals surface area contributed by atoms with Gasteiger partial charge in [0.05, 0.1) is 7.11 Å². The minimum Gasteiger partial charge on any atom is -0.496 e. The summed E-state index contributed by atoms with van der Waals surface area (Å²) in [4.78, 5) is 12.4. The van der Waals surface area contributed by atoms with Crippen molar-refractivity contribution in [3.8, 4) is 5.75 Å². The number of methoxy groups -OCH3 is 1. The summed E-state index contributed by atoms with van der Waals surface area (Å²) in [5.41, 5.74) is 1.19. The summed E-state index contributed by atoms with van der Waals surface area (Å²) in [6, 6.07) is 8.17. The van der Waals surface area contributed by atoms with E-state index in [4.69, 9.17) is 9.47 Å². The SMILES string of the molecule is CCCCCCCCCCCC(=O)OC1CCCCC1c1ccccc1OC. The first-order valence-corrected chi connectivity index (χ1v) is 11.6. The molecule has 0 saturated heterocycles. The molecular formula is C25H40O3. The molecule has 1 aromatic rings. The lowest BCUT2D eigenvalue weighted by Gasteiger charge is -2.32. The molecule has 1 aliphatic rings. The van der Waals surface area contributed by atoms with Gasteiger partial charge in [0.25, 0.3) is 0 Å². The Kier molecular flexibility index (Phi) is 11.1. The van der Waals surface area contributed by atoms with E-state index in [1.54, 1.807) is 7.11 Å². The Hall–Kier alpha value is -1.51. The zero-order chi connectivity index (χ0) is 20.0. The maximum absolute atomic E-state index is 12.4. The van der Waals surface area contributed by atoms with Gasteiger partial charge in [0.15, 0.2) is 0 Å². The van der Waals surface area contributed by atoms with Crippen molar-refractivity contribution in [2.75, 3.05) is 7.11 Å². The molecule has 0 heterocycles. The number of esters is 1. The predicted molar refractivity (Wildman–Crippen MR) is 116 cm³/mol. The van der Waals surface area contributed by atoms with Crippen LogP contribution in [0.15, 0.2) is 24.3 Å². The van der Waals surface area contributed by atoms with E-state index in [-0.39, 0.29) is 18.0 Å². The van der Waals surface area contributed by atoms with Gasteiger partial charge in [-0.3, -0.25) is 4.79 Å². The van der Waals surface area contributed by atoms with Crippen LogP contribution in [0.25, 0.3) is 0 Å². The number of hydrogen-bond acceptors (Lipinski definition) is 3. The molecule has 3 nitrogen and oxygen atoms in total. The summed E-state index contributed by atoms with van der Waals surface area (Å²) in [6.07, 6.45) is 16.3. The molecule has 2 rings (SSSR count). The smallest absolute Gasteiger partial charge is 0.306 e. The van der Waals surface area contributed by atoms with Crippen LogP contribution in [0.1, 0.15) is 108 Å². The molecule has 3 heteroatoms. The molecule has 1 aromatic carbocycles. The first kappa shape index (κ1) is 22.8. The van der Waals surface area contributed by atoms with Crippen molar-refractivity contribution in [1.29, 1.82) is 0 Å². The van der Waals surface area contributed by atoms with Crippen LogP contribution in [0.5, 0.6) is 5.75 Å². The van der Waals surface area contributed by atoms with E-state index >= 15 is 0 Å². The third-order valence-corrected chi connectivity index (χ3v) is 6.01. The van der Waals surface area contributed by atoms with Crippen LogP contribution in [0, 0.1) is 0 Å². The fourth-order valence-electron chi connectivity index (χ4n) is 4.37. The number of para-hydroxylation sites is 1. The summed E-state index contributed by atoms with van der Waals surface area (Å²) in [7, 11) is 1.71. The number of ether oxygens (including phenoxy) is 2. The average molecular weight is 389 g/mol. The van der Waals surface area contributed by atoms with Gasteiger partial charge in [-0.15, -0.1) is 0 Å². The highest BCUT2D eigenvalue weighted by Crippen LogP contribution is 2.39. The van der Waals surface area contributed by atoms with Crippen LogP contribution in [0.3, 0.4) is 0 Å². The van der Waals surface area contributed by atoms with Crippen LogP contribution >= 0.6 is 0 Å². The zero-order valence-electron chi connectivity index (χ0n) is 18.1. The van der Waals surface area contributed by atoms with Gasteiger partial charge in [-0.1, -0.05) is 82.9 Å². The second-order valence-electron chi connectivity index (χ2n) is 8.24. The van der Waals surface area contributed by atoms with E-state index in [0.717, 1.165) is 37.9 Å². The minimum atomic E-state index is -0.0188. The Balaban J connectivity index is 1.70. The molecule has 0 amide bonds. The van der Waals surface area contributed by atoms with Crippen molar-refractivity contribution in [2.45, 2.75) is 109 Å². The third-order valence-electron chi connectivity index (χ3n) is 6.01.